The molecule has 0 aliphatic rings. The summed E-state index contributed by atoms with van der Waals surface area (Å²) in [5.41, 5.74) is 4.10. The van der Waals surface area contributed by atoms with Crippen LogP contribution in [0.2, 0.25) is 0 Å². The Kier molecular flexibility index (Phi) is 8.70. The Morgan fingerprint density at radius 2 is 1.69 bits per heavy atom. The first kappa shape index (κ1) is 23.9. The third-order valence-corrected chi connectivity index (χ3v) is 7.60. The molecule has 160 valence electrons. The zero-order chi connectivity index (χ0) is 21.5. The molecule has 0 bridgehead atoms. The molecule has 29 heavy (non-hydrogen) atoms. The molecule has 1 unspecified atom stereocenters. The van der Waals surface area contributed by atoms with Crippen molar-refractivity contribution in [2.45, 2.75) is 71.6 Å². The predicted octanol–water partition coefficient (Wildman–Crippen LogP) is 5.89. The fourth-order valence-corrected chi connectivity index (χ4v) is 5.29. The maximum atomic E-state index is 5.95. The summed E-state index contributed by atoms with van der Waals surface area (Å²) in [5, 5.41) is 5.16. The van der Waals surface area contributed by atoms with Gasteiger partial charge in [-0.3, -0.25) is 0 Å². The minimum absolute atomic E-state index is 0.0517. The number of hydrogen-bond donors (Lipinski definition) is 1. The van der Waals surface area contributed by atoms with Gasteiger partial charge in [-0.15, -0.1) is 0 Å². The highest BCUT2D eigenvalue weighted by molar-refractivity contribution is 7.48. The number of rotatable bonds is 10. The Morgan fingerprint density at radius 3 is 2.31 bits per heavy atom. The molecule has 0 aliphatic carbocycles. The van der Waals surface area contributed by atoms with Crippen molar-refractivity contribution in [1.82, 2.24) is 5.32 Å². The first-order valence-corrected chi connectivity index (χ1v) is 11.6. The highest BCUT2D eigenvalue weighted by Crippen LogP contribution is 2.50. The molecule has 0 saturated heterocycles. The molecule has 0 heterocycles. The third-order valence-electron chi connectivity index (χ3n) is 5.39. The van der Waals surface area contributed by atoms with E-state index in [0.29, 0.717) is 8.58 Å². The standard InChI is InChI=1S/C25H38NO2P/c1-8-25(9-2,21-12-10-11-13-22(21)28-18-27-7)29-23-15-14-19(3)16-20(23)17-26-24(4,5)6/h10-16,26,29H,8-9,17-18H2,1-7H3. The minimum Gasteiger partial charge on any atom is -0.467 e. The van der Waals surface area contributed by atoms with Crippen molar-refractivity contribution >= 4 is 13.9 Å². The van der Waals surface area contributed by atoms with Gasteiger partial charge >= 0.3 is 0 Å². The largest absolute Gasteiger partial charge is 0.467 e. The lowest BCUT2D eigenvalue weighted by molar-refractivity contribution is 0.0499. The Hall–Kier alpha value is -1.41. The molecule has 0 aromatic heterocycles. The summed E-state index contributed by atoms with van der Waals surface area (Å²) >= 11 is 0. The minimum atomic E-state index is 0.0517. The van der Waals surface area contributed by atoms with Crippen molar-refractivity contribution in [2.24, 2.45) is 0 Å². The molecule has 0 fully saturated rings. The molecule has 0 amide bonds. The van der Waals surface area contributed by atoms with Crippen molar-refractivity contribution in [1.29, 1.82) is 0 Å². The molecule has 2 aromatic rings. The van der Waals surface area contributed by atoms with Crippen molar-refractivity contribution < 1.29 is 9.47 Å². The zero-order valence-electron chi connectivity index (χ0n) is 19.2. The van der Waals surface area contributed by atoms with Crippen molar-refractivity contribution in [2.75, 3.05) is 13.9 Å². The lowest BCUT2D eigenvalue weighted by Crippen LogP contribution is -2.36. The van der Waals surface area contributed by atoms with Crippen LogP contribution in [0.15, 0.2) is 42.5 Å². The summed E-state index contributed by atoms with van der Waals surface area (Å²) in [4.78, 5) is 0. The van der Waals surface area contributed by atoms with E-state index < -0.39 is 0 Å². The van der Waals surface area contributed by atoms with Gasteiger partial charge in [0.1, 0.15) is 5.75 Å². The molecule has 0 aliphatic heterocycles. The normalized spacial score (nSPS) is 12.7. The van der Waals surface area contributed by atoms with Gasteiger partial charge in [0.05, 0.1) is 0 Å². The van der Waals surface area contributed by atoms with Crippen LogP contribution in [0.25, 0.3) is 0 Å². The van der Waals surface area contributed by atoms with Gasteiger partial charge in [-0.05, 0) is 57.5 Å². The van der Waals surface area contributed by atoms with Gasteiger partial charge in [-0.25, -0.2) is 0 Å². The highest BCUT2D eigenvalue weighted by Gasteiger charge is 2.32. The fraction of sp³-hybridized carbons (Fsp3) is 0.520. The molecule has 1 N–H and O–H groups in total. The number of nitrogens with one attached hydrogen (secondary N) is 1. The molecule has 2 aromatic carbocycles. The van der Waals surface area contributed by atoms with Crippen LogP contribution >= 0.6 is 8.58 Å². The molecular weight excluding hydrogens is 377 g/mol. The fourth-order valence-electron chi connectivity index (χ4n) is 3.59. The van der Waals surface area contributed by atoms with Crippen LogP contribution < -0.4 is 15.4 Å². The van der Waals surface area contributed by atoms with Crippen LogP contribution in [-0.2, 0) is 16.4 Å². The van der Waals surface area contributed by atoms with Gasteiger partial charge in [0.2, 0.25) is 0 Å². The van der Waals surface area contributed by atoms with E-state index in [4.69, 9.17) is 9.47 Å². The molecule has 1 atom stereocenters. The van der Waals surface area contributed by atoms with Gasteiger partial charge in [0.25, 0.3) is 0 Å². The lowest BCUT2D eigenvalue weighted by atomic mass is 9.92. The van der Waals surface area contributed by atoms with E-state index in [1.807, 2.05) is 6.07 Å². The summed E-state index contributed by atoms with van der Waals surface area (Å²) in [5.74, 6) is 0.937. The van der Waals surface area contributed by atoms with Gasteiger partial charge < -0.3 is 14.8 Å². The van der Waals surface area contributed by atoms with Crippen LogP contribution in [0.4, 0.5) is 0 Å². The Labute approximate surface area is 179 Å². The molecule has 0 saturated carbocycles. The Bertz CT molecular complexity index is 779. The van der Waals surface area contributed by atoms with Crippen LogP contribution in [0.1, 0.15) is 64.2 Å². The maximum Gasteiger partial charge on any atom is 0.188 e. The van der Waals surface area contributed by atoms with E-state index in [0.717, 1.165) is 25.1 Å². The molecule has 0 spiro atoms. The number of para-hydroxylation sites is 1. The van der Waals surface area contributed by atoms with Crippen LogP contribution in [0, 0.1) is 6.92 Å². The monoisotopic (exact) mass is 415 g/mol. The molecule has 2 rings (SSSR count). The van der Waals surface area contributed by atoms with Crippen molar-refractivity contribution in [3.63, 3.8) is 0 Å². The first-order chi connectivity index (χ1) is 13.7. The summed E-state index contributed by atoms with van der Waals surface area (Å²) in [7, 11) is 2.34. The second-order valence-electron chi connectivity index (χ2n) is 8.73. The van der Waals surface area contributed by atoms with Crippen molar-refractivity contribution in [3.05, 3.63) is 59.2 Å². The highest BCUT2D eigenvalue weighted by atomic mass is 31.1. The van der Waals surface area contributed by atoms with Gasteiger partial charge in [-0.2, -0.15) is 0 Å². The SMILES string of the molecule is CCC(CC)(Pc1ccc(C)cc1CNC(C)(C)C)c1ccccc1OCOC. The van der Waals surface area contributed by atoms with Gasteiger partial charge in [0, 0.05) is 29.9 Å². The number of hydrogen-bond acceptors (Lipinski definition) is 3. The van der Waals surface area contributed by atoms with Crippen LogP contribution in [-0.4, -0.2) is 19.4 Å². The van der Waals surface area contributed by atoms with E-state index >= 15 is 0 Å². The average molecular weight is 416 g/mol. The Morgan fingerprint density at radius 1 is 1.00 bits per heavy atom. The van der Waals surface area contributed by atoms with E-state index in [2.05, 4.69) is 83.3 Å². The quantitative estimate of drug-likeness (QED) is 0.388. The predicted molar refractivity (Wildman–Crippen MR) is 127 cm³/mol. The second kappa shape index (κ2) is 10.6. The summed E-state index contributed by atoms with van der Waals surface area (Å²) < 4.78 is 11.1. The molecular formula is C25H38NO2P. The summed E-state index contributed by atoms with van der Waals surface area (Å²) in [6, 6.07) is 15.4. The molecule has 4 heteroatoms. The number of ether oxygens (including phenoxy) is 2. The molecule has 3 nitrogen and oxygen atoms in total. The van der Waals surface area contributed by atoms with Crippen LogP contribution in [0.3, 0.4) is 0 Å². The molecule has 0 radical (unpaired) electrons. The van der Waals surface area contributed by atoms with E-state index in [1.165, 1.54) is 22.0 Å². The zero-order valence-corrected chi connectivity index (χ0v) is 20.2. The van der Waals surface area contributed by atoms with Gasteiger partial charge in [0.15, 0.2) is 6.79 Å². The number of methoxy groups -OCH3 is 1. The lowest BCUT2D eigenvalue weighted by Gasteiger charge is -2.35. The van der Waals surface area contributed by atoms with Crippen LogP contribution in [0.5, 0.6) is 5.75 Å². The summed E-state index contributed by atoms with van der Waals surface area (Å²) in [6.07, 6.45) is 2.13. The van der Waals surface area contributed by atoms with E-state index in [-0.39, 0.29) is 17.5 Å². The van der Waals surface area contributed by atoms with E-state index in [9.17, 15) is 0 Å². The van der Waals surface area contributed by atoms with E-state index in [1.54, 1.807) is 7.11 Å². The van der Waals surface area contributed by atoms with Gasteiger partial charge in [-0.1, -0.05) is 64.4 Å². The topological polar surface area (TPSA) is 30.5 Å². The maximum absolute atomic E-state index is 5.95. The van der Waals surface area contributed by atoms with Crippen molar-refractivity contribution in [3.8, 4) is 5.75 Å². The first-order valence-electron chi connectivity index (χ1n) is 10.6. The smallest absolute Gasteiger partial charge is 0.188 e. The summed E-state index contributed by atoms with van der Waals surface area (Å²) in [6.45, 7) is 14.6. The number of benzene rings is 2. The number of aryl methyl sites for hydroxylation is 1. The third kappa shape index (κ3) is 6.54. The average Bonchev–Trinajstić information content (AvgIpc) is 2.70. The second-order valence-corrected chi connectivity index (χ2v) is 10.5. The Balaban J connectivity index is 2.43.